The van der Waals surface area contributed by atoms with Gasteiger partial charge in [-0.15, -0.1) is 0 Å². The first-order valence-electron chi connectivity index (χ1n) is 5.70. The molecule has 0 atom stereocenters. The van der Waals surface area contributed by atoms with Crippen LogP contribution in [-0.4, -0.2) is 4.57 Å². The minimum absolute atomic E-state index is 0.0764. The second-order valence-corrected chi connectivity index (χ2v) is 4.15. The number of rotatable bonds is 2. The molecule has 0 unspecified atom stereocenters. The van der Waals surface area contributed by atoms with E-state index in [2.05, 4.69) is 0 Å². The summed E-state index contributed by atoms with van der Waals surface area (Å²) < 4.78 is 1.71. The Morgan fingerprint density at radius 2 is 2.00 bits per heavy atom. The fourth-order valence-corrected chi connectivity index (χ4v) is 1.97. The van der Waals surface area contributed by atoms with Gasteiger partial charge in [-0.3, -0.25) is 9.36 Å². The Labute approximate surface area is 101 Å². The van der Waals surface area contributed by atoms with Crippen LogP contribution in [0.25, 0.3) is 5.69 Å². The quantitative estimate of drug-likeness (QED) is 0.857. The Hall–Kier alpha value is -2.03. The summed E-state index contributed by atoms with van der Waals surface area (Å²) in [5, 5.41) is 0. The van der Waals surface area contributed by atoms with Gasteiger partial charge in [0.05, 0.1) is 0 Å². The summed E-state index contributed by atoms with van der Waals surface area (Å²) in [4.78, 5) is 12.0. The number of hydrogen-bond donors (Lipinski definition) is 1. The van der Waals surface area contributed by atoms with Crippen molar-refractivity contribution in [2.45, 2.75) is 20.3 Å². The van der Waals surface area contributed by atoms with E-state index in [9.17, 15) is 4.79 Å². The van der Waals surface area contributed by atoms with Crippen LogP contribution >= 0.6 is 0 Å². The standard InChI is InChI=1S/C14H16N2O/c1-3-12-8-11(15)9-14(17)16(12)13-6-4-5-10(2)7-13/h4-9H,3,15H2,1-2H3. The Morgan fingerprint density at radius 3 is 2.65 bits per heavy atom. The van der Waals surface area contributed by atoms with Crippen LogP contribution in [0.5, 0.6) is 0 Å². The average molecular weight is 228 g/mol. The van der Waals surface area contributed by atoms with E-state index in [4.69, 9.17) is 5.73 Å². The largest absolute Gasteiger partial charge is 0.399 e. The maximum Gasteiger partial charge on any atom is 0.257 e. The second-order valence-electron chi connectivity index (χ2n) is 4.15. The van der Waals surface area contributed by atoms with Crippen molar-refractivity contribution in [2.75, 3.05) is 5.73 Å². The zero-order valence-corrected chi connectivity index (χ0v) is 10.1. The Bertz CT molecular complexity index is 599. The third-order valence-electron chi connectivity index (χ3n) is 2.75. The molecule has 3 heteroatoms. The fourth-order valence-electron chi connectivity index (χ4n) is 1.97. The summed E-state index contributed by atoms with van der Waals surface area (Å²) in [6, 6.07) is 11.2. The van der Waals surface area contributed by atoms with E-state index in [1.165, 1.54) is 6.07 Å². The van der Waals surface area contributed by atoms with E-state index < -0.39 is 0 Å². The topological polar surface area (TPSA) is 48.0 Å². The van der Waals surface area contributed by atoms with Crippen molar-refractivity contribution in [3.63, 3.8) is 0 Å². The van der Waals surface area contributed by atoms with E-state index in [1.807, 2.05) is 44.2 Å². The molecule has 3 nitrogen and oxygen atoms in total. The van der Waals surface area contributed by atoms with Crippen molar-refractivity contribution in [3.8, 4) is 5.69 Å². The molecule has 0 spiro atoms. The Morgan fingerprint density at radius 1 is 1.24 bits per heavy atom. The Kier molecular flexibility index (Phi) is 3.00. The molecule has 0 saturated carbocycles. The van der Waals surface area contributed by atoms with E-state index in [0.29, 0.717) is 5.69 Å². The smallest absolute Gasteiger partial charge is 0.257 e. The molecule has 2 rings (SSSR count). The first kappa shape index (κ1) is 11.5. The number of anilines is 1. The molecule has 17 heavy (non-hydrogen) atoms. The first-order valence-corrected chi connectivity index (χ1v) is 5.70. The normalized spacial score (nSPS) is 10.5. The van der Waals surface area contributed by atoms with Crippen molar-refractivity contribution in [2.24, 2.45) is 0 Å². The van der Waals surface area contributed by atoms with Gasteiger partial charge in [0.2, 0.25) is 0 Å². The van der Waals surface area contributed by atoms with E-state index in [1.54, 1.807) is 4.57 Å². The van der Waals surface area contributed by atoms with Crippen molar-refractivity contribution in [1.82, 2.24) is 4.57 Å². The molecule has 1 aromatic heterocycles. The lowest BCUT2D eigenvalue weighted by Gasteiger charge is -2.12. The van der Waals surface area contributed by atoms with Gasteiger partial charge < -0.3 is 5.73 Å². The highest BCUT2D eigenvalue weighted by atomic mass is 16.1. The second kappa shape index (κ2) is 4.45. The molecule has 88 valence electrons. The van der Waals surface area contributed by atoms with E-state index in [-0.39, 0.29) is 5.56 Å². The van der Waals surface area contributed by atoms with Crippen LogP contribution in [0.15, 0.2) is 41.2 Å². The molecule has 1 heterocycles. The van der Waals surface area contributed by atoms with Crippen LogP contribution in [0.1, 0.15) is 18.2 Å². The van der Waals surface area contributed by atoms with Gasteiger partial charge in [-0.1, -0.05) is 19.1 Å². The minimum atomic E-state index is -0.0764. The number of aromatic nitrogens is 1. The maximum atomic E-state index is 12.0. The molecule has 2 N–H and O–H groups in total. The first-order chi connectivity index (χ1) is 8.11. The predicted molar refractivity (Wildman–Crippen MR) is 70.6 cm³/mol. The van der Waals surface area contributed by atoms with Crippen LogP contribution in [0.3, 0.4) is 0 Å². The SMILES string of the molecule is CCc1cc(N)cc(=O)n1-c1cccc(C)c1. The van der Waals surface area contributed by atoms with Gasteiger partial charge in [0.1, 0.15) is 0 Å². The van der Waals surface area contributed by atoms with Gasteiger partial charge in [-0.05, 0) is 37.1 Å². The third-order valence-corrected chi connectivity index (χ3v) is 2.75. The van der Waals surface area contributed by atoms with Gasteiger partial charge in [-0.25, -0.2) is 0 Å². The molecule has 0 aliphatic rings. The third kappa shape index (κ3) is 2.23. The van der Waals surface area contributed by atoms with Gasteiger partial charge in [0.25, 0.3) is 5.56 Å². The van der Waals surface area contributed by atoms with Gasteiger partial charge >= 0.3 is 0 Å². The molecule has 0 fully saturated rings. The van der Waals surface area contributed by atoms with Gasteiger partial charge in [-0.2, -0.15) is 0 Å². The lowest BCUT2D eigenvalue weighted by atomic mass is 10.2. The molecule has 0 aliphatic carbocycles. The lowest BCUT2D eigenvalue weighted by molar-refractivity contribution is 0.877. The van der Waals surface area contributed by atoms with Crippen LogP contribution in [0.2, 0.25) is 0 Å². The number of benzene rings is 1. The van der Waals surface area contributed by atoms with Crippen molar-refractivity contribution >= 4 is 5.69 Å². The van der Waals surface area contributed by atoms with Crippen LogP contribution in [-0.2, 0) is 6.42 Å². The van der Waals surface area contributed by atoms with Crippen molar-refractivity contribution in [3.05, 3.63) is 58.0 Å². The van der Waals surface area contributed by atoms with E-state index >= 15 is 0 Å². The Balaban J connectivity index is 2.70. The number of nitrogen functional groups attached to an aromatic ring is 1. The highest BCUT2D eigenvalue weighted by Crippen LogP contribution is 2.13. The number of pyridine rings is 1. The molecule has 1 aromatic carbocycles. The average Bonchev–Trinajstić information content (AvgIpc) is 2.27. The van der Waals surface area contributed by atoms with E-state index in [0.717, 1.165) is 23.4 Å². The predicted octanol–water partition coefficient (Wildman–Crippen LogP) is 2.29. The lowest BCUT2D eigenvalue weighted by Crippen LogP contribution is -2.21. The monoisotopic (exact) mass is 228 g/mol. The van der Waals surface area contributed by atoms with Gasteiger partial charge in [0.15, 0.2) is 0 Å². The molecular formula is C14H16N2O. The highest BCUT2D eigenvalue weighted by molar-refractivity contribution is 5.44. The summed E-state index contributed by atoms with van der Waals surface area (Å²) in [6.45, 7) is 4.03. The molecule has 0 aliphatic heterocycles. The summed E-state index contributed by atoms with van der Waals surface area (Å²) in [5.41, 5.74) is 9.10. The number of nitrogens with zero attached hydrogens (tertiary/aromatic N) is 1. The zero-order chi connectivity index (χ0) is 12.4. The van der Waals surface area contributed by atoms with Crippen molar-refractivity contribution < 1.29 is 0 Å². The summed E-state index contributed by atoms with van der Waals surface area (Å²) in [5.74, 6) is 0. The molecule has 0 amide bonds. The molecule has 2 aromatic rings. The van der Waals surface area contributed by atoms with Gasteiger partial charge in [0, 0.05) is 23.1 Å². The summed E-state index contributed by atoms with van der Waals surface area (Å²) in [7, 11) is 0. The summed E-state index contributed by atoms with van der Waals surface area (Å²) >= 11 is 0. The molecule has 0 radical (unpaired) electrons. The fraction of sp³-hybridized carbons (Fsp3) is 0.214. The van der Waals surface area contributed by atoms with Crippen molar-refractivity contribution in [1.29, 1.82) is 0 Å². The number of nitrogens with two attached hydrogens (primary N) is 1. The highest BCUT2D eigenvalue weighted by Gasteiger charge is 2.06. The van der Waals surface area contributed by atoms with Crippen LogP contribution in [0.4, 0.5) is 5.69 Å². The molecule has 0 bridgehead atoms. The zero-order valence-electron chi connectivity index (χ0n) is 10.1. The molecular weight excluding hydrogens is 212 g/mol. The maximum absolute atomic E-state index is 12.0. The van der Waals surface area contributed by atoms with Crippen LogP contribution in [0, 0.1) is 6.92 Å². The minimum Gasteiger partial charge on any atom is -0.399 e. The molecule has 0 saturated heterocycles. The number of hydrogen-bond acceptors (Lipinski definition) is 2. The summed E-state index contributed by atoms with van der Waals surface area (Å²) in [6.07, 6.45) is 0.772. The van der Waals surface area contributed by atoms with Crippen LogP contribution < -0.4 is 11.3 Å². The number of aryl methyl sites for hydroxylation is 2.